The van der Waals surface area contributed by atoms with Crippen molar-refractivity contribution in [2.45, 2.75) is 18.9 Å². The van der Waals surface area contributed by atoms with Crippen molar-refractivity contribution < 1.29 is 13.9 Å². The number of benzene rings is 1. The Morgan fingerprint density at radius 3 is 3.00 bits per heavy atom. The number of hydrogen-bond acceptors (Lipinski definition) is 4. The van der Waals surface area contributed by atoms with Crippen LogP contribution in [0.1, 0.15) is 12.8 Å². The van der Waals surface area contributed by atoms with E-state index in [-0.39, 0.29) is 11.5 Å². The molecule has 0 radical (unpaired) electrons. The number of halogens is 2. The van der Waals surface area contributed by atoms with E-state index in [1.165, 1.54) is 17.4 Å². The average Bonchev–Trinajstić information content (AvgIpc) is 2.63. The Balaban J connectivity index is 1.97. The fourth-order valence-electron chi connectivity index (χ4n) is 1.65. The fourth-order valence-corrected chi connectivity index (χ4v) is 3.06. The van der Waals surface area contributed by atoms with Crippen molar-refractivity contribution in [2.75, 3.05) is 0 Å². The van der Waals surface area contributed by atoms with Crippen LogP contribution in [0, 0.1) is 5.82 Å². The first kappa shape index (κ1) is 11.1. The van der Waals surface area contributed by atoms with E-state index in [1.807, 2.05) is 0 Å². The lowest BCUT2D eigenvalue weighted by atomic mass is 9.94. The van der Waals surface area contributed by atoms with E-state index < -0.39 is 11.9 Å². The van der Waals surface area contributed by atoms with Crippen LogP contribution in [0.2, 0.25) is 0 Å². The second kappa shape index (κ2) is 4.03. The number of fused-ring (bicyclic) bond motifs is 1. The smallest absolute Gasteiger partial charge is 0.173 e. The molecule has 0 N–H and O–H groups in total. The number of aromatic nitrogens is 1. The minimum absolute atomic E-state index is 0.0370. The lowest BCUT2D eigenvalue weighted by Crippen LogP contribution is -2.36. The first-order valence-electron chi connectivity index (χ1n) is 5.08. The van der Waals surface area contributed by atoms with E-state index in [0.29, 0.717) is 22.3 Å². The lowest BCUT2D eigenvalue weighted by molar-refractivity contribution is -0.133. The highest BCUT2D eigenvalue weighted by Crippen LogP contribution is 2.33. The molecule has 17 heavy (non-hydrogen) atoms. The van der Waals surface area contributed by atoms with Crippen LogP contribution in [0.4, 0.5) is 4.39 Å². The van der Waals surface area contributed by atoms with E-state index in [4.69, 9.17) is 4.74 Å². The average molecular weight is 316 g/mol. The van der Waals surface area contributed by atoms with E-state index in [9.17, 15) is 9.18 Å². The molecule has 1 fully saturated rings. The Hall–Kier alpha value is -1.01. The molecule has 0 amide bonds. The third-order valence-corrected chi connectivity index (χ3v) is 4.17. The van der Waals surface area contributed by atoms with Crippen LogP contribution in [0.15, 0.2) is 16.0 Å². The summed E-state index contributed by atoms with van der Waals surface area (Å²) < 4.78 is 20.6. The van der Waals surface area contributed by atoms with Gasteiger partial charge < -0.3 is 4.74 Å². The summed E-state index contributed by atoms with van der Waals surface area (Å²) in [6.07, 6.45) is 0.724. The Labute approximate surface area is 109 Å². The molecule has 0 saturated heterocycles. The monoisotopic (exact) mass is 315 g/mol. The van der Waals surface area contributed by atoms with Crippen LogP contribution < -0.4 is 4.74 Å². The van der Waals surface area contributed by atoms with Crippen LogP contribution in [-0.4, -0.2) is 16.9 Å². The van der Waals surface area contributed by atoms with Gasteiger partial charge in [0.2, 0.25) is 0 Å². The molecule has 1 unspecified atom stereocenters. The third kappa shape index (κ3) is 1.95. The van der Waals surface area contributed by atoms with Gasteiger partial charge in [-0.1, -0.05) is 0 Å². The van der Waals surface area contributed by atoms with Crippen molar-refractivity contribution in [3.63, 3.8) is 0 Å². The van der Waals surface area contributed by atoms with Gasteiger partial charge in [-0.2, -0.15) is 0 Å². The van der Waals surface area contributed by atoms with Gasteiger partial charge >= 0.3 is 0 Å². The summed E-state index contributed by atoms with van der Waals surface area (Å²) in [5.74, 6) is -0.309. The van der Waals surface area contributed by atoms with Gasteiger partial charge in [0, 0.05) is 18.6 Å². The second-order valence-electron chi connectivity index (χ2n) is 3.83. The molecule has 1 aromatic heterocycles. The number of nitrogens with zero attached hydrogens (tertiary/aromatic N) is 1. The van der Waals surface area contributed by atoms with Crippen molar-refractivity contribution >= 4 is 43.3 Å². The molecule has 1 heterocycles. The van der Waals surface area contributed by atoms with E-state index in [0.717, 1.165) is 4.70 Å². The molecule has 0 aliphatic heterocycles. The summed E-state index contributed by atoms with van der Waals surface area (Å²) in [5.41, 5.74) is 0.590. The van der Waals surface area contributed by atoms with Crippen LogP contribution in [0.5, 0.6) is 5.75 Å². The van der Waals surface area contributed by atoms with Gasteiger partial charge in [0.15, 0.2) is 27.4 Å². The predicted molar refractivity (Wildman–Crippen MR) is 65.9 cm³/mol. The Bertz CT molecular complexity index is 613. The first-order valence-corrected chi connectivity index (χ1v) is 6.69. The topological polar surface area (TPSA) is 39.2 Å². The minimum atomic E-state index is -0.477. The van der Waals surface area contributed by atoms with Crippen LogP contribution in [0.3, 0.4) is 0 Å². The quantitative estimate of drug-likeness (QED) is 0.853. The van der Waals surface area contributed by atoms with Gasteiger partial charge in [0.1, 0.15) is 0 Å². The lowest BCUT2D eigenvalue weighted by Gasteiger charge is -2.24. The van der Waals surface area contributed by atoms with Gasteiger partial charge in [-0.3, -0.25) is 4.79 Å². The highest BCUT2D eigenvalue weighted by atomic mass is 79.9. The number of ether oxygens (including phenoxy) is 1. The van der Waals surface area contributed by atoms with Crippen molar-refractivity contribution in [1.82, 2.24) is 4.98 Å². The molecule has 1 atom stereocenters. The molecule has 2 aromatic rings. The summed E-state index contributed by atoms with van der Waals surface area (Å²) in [7, 11) is 0. The maximum absolute atomic E-state index is 13.7. The Morgan fingerprint density at radius 1 is 1.53 bits per heavy atom. The highest BCUT2D eigenvalue weighted by molar-refractivity contribution is 9.11. The Kier molecular flexibility index (Phi) is 2.63. The molecule has 88 valence electrons. The number of rotatable bonds is 2. The molecule has 1 saturated carbocycles. The van der Waals surface area contributed by atoms with Gasteiger partial charge in [-0.25, -0.2) is 9.37 Å². The van der Waals surface area contributed by atoms with Gasteiger partial charge in [-0.05, 0) is 22.4 Å². The van der Waals surface area contributed by atoms with Gasteiger partial charge in [0.05, 0.1) is 10.2 Å². The number of carbonyl (C=O) groups is 1. The normalized spacial score (nSPS) is 19.4. The number of thiazole rings is 1. The van der Waals surface area contributed by atoms with Gasteiger partial charge in [-0.15, -0.1) is 11.3 Å². The maximum atomic E-state index is 13.7. The zero-order valence-corrected chi connectivity index (χ0v) is 11.0. The fraction of sp³-hybridized carbons (Fsp3) is 0.273. The maximum Gasteiger partial charge on any atom is 0.173 e. The number of carbonyl (C=O) groups excluding carboxylic acids is 1. The second-order valence-corrected chi connectivity index (χ2v) is 6.14. The van der Waals surface area contributed by atoms with Crippen molar-refractivity contribution in [3.8, 4) is 5.75 Å². The highest BCUT2D eigenvalue weighted by Gasteiger charge is 2.30. The molecule has 0 spiro atoms. The summed E-state index contributed by atoms with van der Waals surface area (Å²) in [5, 5.41) is 0. The summed E-state index contributed by atoms with van der Waals surface area (Å²) >= 11 is 4.65. The predicted octanol–water partition coefficient (Wildman–Crippen LogP) is 3.31. The third-order valence-electron chi connectivity index (χ3n) is 2.70. The van der Waals surface area contributed by atoms with Crippen molar-refractivity contribution in [3.05, 3.63) is 21.9 Å². The van der Waals surface area contributed by atoms with Crippen LogP contribution in [0.25, 0.3) is 10.2 Å². The standard InChI is InChI=1S/C11H7BrFNO2S/c12-11-14-6-3-5(13)9(4-10(6)17-11)16-8-2-1-7(8)15/h3-4,8H,1-2H2. The molecule has 3 nitrogen and oxygen atoms in total. The van der Waals surface area contributed by atoms with E-state index >= 15 is 0 Å². The first-order chi connectivity index (χ1) is 8.13. The van der Waals surface area contributed by atoms with Gasteiger partial charge in [0.25, 0.3) is 0 Å². The van der Waals surface area contributed by atoms with Crippen LogP contribution >= 0.6 is 27.3 Å². The molecular formula is C11H7BrFNO2S. The number of Topliss-reactive ketones (excluding diaryl/α,β-unsaturated/α-hetero) is 1. The van der Waals surface area contributed by atoms with E-state index in [1.54, 1.807) is 6.07 Å². The zero-order chi connectivity index (χ0) is 12.0. The van der Waals surface area contributed by atoms with Crippen LogP contribution in [-0.2, 0) is 4.79 Å². The molecule has 1 aliphatic rings. The molecule has 1 aromatic carbocycles. The zero-order valence-electron chi connectivity index (χ0n) is 8.57. The summed E-state index contributed by atoms with van der Waals surface area (Å²) in [6.45, 7) is 0. The molecule has 1 aliphatic carbocycles. The largest absolute Gasteiger partial charge is 0.480 e. The number of hydrogen-bond donors (Lipinski definition) is 0. The van der Waals surface area contributed by atoms with Crippen molar-refractivity contribution in [2.24, 2.45) is 0 Å². The molecule has 6 heteroatoms. The van der Waals surface area contributed by atoms with E-state index in [2.05, 4.69) is 20.9 Å². The summed E-state index contributed by atoms with van der Waals surface area (Å²) in [4.78, 5) is 15.3. The number of ketones is 1. The molecular weight excluding hydrogens is 309 g/mol. The van der Waals surface area contributed by atoms with Crippen molar-refractivity contribution in [1.29, 1.82) is 0 Å². The minimum Gasteiger partial charge on any atom is -0.480 e. The molecule has 0 bridgehead atoms. The Morgan fingerprint density at radius 2 is 2.35 bits per heavy atom. The SMILES string of the molecule is O=C1CCC1Oc1cc2sc(Br)nc2cc1F. The molecule has 3 rings (SSSR count). The summed E-state index contributed by atoms with van der Waals surface area (Å²) in [6, 6.07) is 2.92.